The number of aliphatic hydroxyl groups is 2. The van der Waals surface area contributed by atoms with Gasteiger partial charge in [-0.15, -0.1) is 0 Å². The second-order valence-electron chi connectivity index (χ2n) is 4.04. The number of halogens is 3. The van der Waals surface area contributed by atoms with Gasteiger partial charge in [0.15, 0.2) is 11.6 Å². The molecule has 0 spiro atoms. The summed E-state index contributed by atoms with van der Waals surface area (Å²) in [5.41, 5.74) is 1.46. The topological polar surface area (TPSA) is 111 Å². The molecule has 0 aliphatic heterocycles. The maximum absolute atomic E-state index is 14.1. The van der Waals surface area contributed by atoms with Crippen molar-refractivity contribution in [3.63, 3.8) is 0 Å². The van der Waals surface area contributed by atoms with E-state index in [-0.39, 0.29) is 4.57 Å². The lowest BCUT2D eigenvalue weighted by Crippen LogP contribution is -2.53. The zero-order valence-corrected chi connectivity index (χ0v) is 10.5. The molecule has 1 aromatic rings. The van der Waals surface area contributed by atoms with Crippen molar-refractivity contribution in [3.05, 3.63) is 22.5 Å². The first-order valence-corrected chi connectivity index (χ1v) is 5.41. The molecule has 7 nitrogen and oxygen atoms in total. The summed E-state index contributed by atoms with van der Waals surface area (Å²) >= 11 is 0. The van der Waals surface area contributed by atoms with Gasteiger partial charge < -0.3 is 20.7 Å². The molecule has 1 heterocycles. The third-order valence-corrected chi connectivity index (χ3v) is 2.90. The highest BCUT2D eigenvalue weighted by Crippen LogP contribution is 2.26. The Labute approximate surface area is 111 Å². The molecule has 0 saturated heterocycles. The van der Waals surface area contributed by atoms with Gasteiger partial charge in [0.1, 0.15) is 18.4 Å². The molecule has 0 saturated carbocycles. The number of methoxy groups -OCH3 is 1. The van der Waals surface area contributed by atoms with Crippen molar-refractivity contribution in [2.24, 2.45) is 0 Å². The van der Waals surface area contributed by atoms with Gasteiger partial charge >= 0.3 is 5.69 Å². The lowest BCUT2D eigenvalue weighted by atomic mass is 9.98. The number of alkyl halides is 2. The Bertz CT molecular complexity index is 513. The van der Waals surface area contributed by atoms with E-state index in [1.807, 2.05) is 0 Å². The highest BCUT2D eigenvalue weighted by molar-refractivity contribution is 5.26. The van der Waals surface area contributed by atoms with Crippen molar-refractivity contribution in [1.29, 1.82) is 0 Å². The van der Waals surface area contributed by atoms with Crippen molar-refractivity contribution >= 4 is 5.82 Å². The maximum Gasteiger partial charge on any atom is 0.352 e. The number of rotatable bonds is 6. The molecule has 0 radical (unpaired) electrons. The average Bonchev–Trinajstić information content (AvgIpc) is 2.44. The first-order chi connectivity index (χ1) is 9.32. The largest absolute Gasteiger partial charge is 0.393 e. The third-order valence-electron chi connectivity index (χ3n) is 2.90. The number of anilines is 1. The molecule has 0 unspecified atom stereocenters. The van der Waals surface area contributed by atoms with Crippen molar-refractivity contribution in [2.45, 2.75) is 18.0 Å². The molecule has 1 rings (SSSR count). The van der Waals surface area contributed by atoms with Crippen LogP contribution in [0.5, 0.6) is 0 Å². The highest BCUT2D eigenvalue weighted by Gasteiger charge is 2.44. The number of ether oxygens (including phenoxy) is 1. The number of nitrogens with two attached hydrogens (primary N) is 1. The van der Waals surface area contributed by atoms with Crippen molar-refractivity contribution in [1.82, 2.24) is 9.55 Å². The summed E-state index contributed by atoms with van der Waals surface area (Å²) in [6.07, 6.45) is -4.48. The van der Waals surface area contributed by atoms with Crippen LogP contribution in [0, 0.1) is 5.82 Å². The van der Waals surface area contributed by atoms with Crippen LogP contribution in [0.25, 0.3) is 0 Å². The van der Waals surface area contributed by atoms with E-state index < -0.39 is 48.6 Å². The van der Waals surface area contributed by atoms with Crippen molar-refractivity contribution in [3.8, 4) is 0 Å². The normalized spacial score (nSPS) is 17.5. The van der Waals surface area contributed by atoms with Crippen LogP contribution in [-0.2, 0) is 4.74 Å². The quantitative estimate of drug-likeness (QED) is 0.630. The lowest BCUT2D eigenvalue weighted by Gasteiger charge is -2.34. The summed E-state index contributed by atoms with van der Waals surface area (Å²) in [5, 5.41) is 18.7. The first-order valence-electron chi connectivity index (χ1n) is 5.41. The Hall–Kier alpha value is -1.65. The van der Waals surface area contributed by atoms with Crippen LogP contribution in [0.2, 0.25) is 0 Å². The van der Waals surface area contributed by atoms with Gasteiger partial charge in [-0.3, -0.25) is 4.57 Å². The molecule has 3 atom stereocenters. The van der Waals surface area contributed by atoms with Crippen molar-refractivity contribution in [2.75, 3.05) is 26.1 Å². The minimum Gasteiger partial charge on any atom is -0.393 e. The van der Waals surface area contributed by atoms with Gasteiger partial charge in [-0.1, -0.05) is 0 Å². The van der Waals surface area contributed by atoms with E-state index in [4.69, 9.17) is 10.8 Å². The molecule has 0 aliphatic carbocycles. The van der Waals surface area contributed by atoms with Crippen LogP contribution in [0.15, 0.2) is 11.0 Å². The Kier molecular flexibility index (Phi) is 5.09. The average molecular weight is 297 g/mol. The van der Waals surface area contributed by atoms with E-state index in [2.05, 4.69) is 9.72 Å². The summed E-state index contributed by atoms with van der Waals surface area (Å²) in [7, 11) is 0.941. The lowest BCUT2D eigenvalue weighted by molar-refractivity contribution is -0.171. The summed E-state index contributed by atoms with van der Waals surface area (Å²) in [4.78, 5) is 14.4. The molecule has 10 heteroatoms. The molecular formula is C10H14F3N3O4. The third kappa shape index (κ3) is 2.76. The smallest absolute Gasteiger partial charge is 0.352 e. The minimum absolute atomic E-state index is 0.0927. The fraction of sp³-hybridized carbons (Fsp3) is 0.600. The molecule has 4 N–H and O–H groups in total. The predicted molar refractivity (Wildman–Crippen MR) is 61.8 cm³/mol. The Morgan fingerprint density at radius 2 is 2.25 bits per heavy atom. The van der Waals surface area contributed by atoms with Gasteiger partial charge in [-0.2, -0.15) is 4.98 Å². The van der Waals surface area contributed by atoms with Crippen LogP contribution in [0.4, 0.5) is 19.0 Å². The standard InChI is InChI=1S/C10H14F3N3O4/c1-20-10(3-11,4-17)6(18)7(13)16-2-5(12)8(14)15-9(16)19/h2,6-7,17-18H,3-4H2,1H3,(H2,14,15,19)/t6-,7-,10+/m0/s1. The predicted octanol–water partition coefficient (Wildman–Crippen LogP) is -0.859. The van der Waals surface area contributed by atoms with Gasteiger partial charge in [0.05, 0.1) is 12.8 Å². The van der Waals surface area contributed by atoms with E-state index in [0.29, 0.717) is 6.20 Å². The summed E-state index contributed by atoms with van der Waals surface area (Å²) < 4.78 is 44.8. The van der Waals surface area contributed by atoms with E-state index in [1.54, 1.807) is 0 Å². The van der Waals surface area contributed by atoms with Gasteiger partial charge in [-0.05, 0) is 0 Å². The van der Waals surface area contributed by atoms with Crippen LogP contribution >= 0.6 is 0 Å². The summed E-state index contributed by atoms with van der Waals surface area (Å²) in [6, 6.07) is 0. The number of nitrogens with zero attached hydrogens (tertiary/aromatic N) is 2. The molecule has 0 aromatic carbocycles. The SMILES string of the molecule is CO[C@@](CO)(CF)[C@@H](O)[C@@H](F)n1cc(F)c(N)nc1=O. The number of hydrogen-bond donors (Lipinski definition) is 3. The summed E-state index contributed by atoms with van der Waals surface area (Å²) in [5.74, 6) is -1.93. The molecule has 0 amide bonds. The molecule has 0 fully saturated rings. The fourth-order valence-corrected chi connectivity index (χ4v) is 1.49. The highest BCUT2D eigenvalue weighted by atomic mass is 19.1. The van der Waals surface area contributed by atoms with Crippen molar-refractivity contribution < 1.29 is 28.1 Å². The Morgan fingerprint density at radius 1 is 1.65 bits per heavy atom. The van der Waals surface area contributed by atoms with Gasteiger partial charge in [-0.25, -0.2) is 18.0 Å². The van der Waals surface area contributed by atoms with E-state index >= 15 is 0 Å². The van der Waals surface area contributed by atoms with Crippen LogP contribution in [0.3, 0.4) is 0 Å². The van der Waals surface area contributed by atoms with Crippen LogP contribution in [0.1, 0.15) is 6.30 Å². The zero-order valence-electron chi connectivity index (χ0n) is 10.5. The zero-order chi connectivity index (χ0) is 15.5. The fourth-order valence-electron chi connectivity index (χ4n) is 1.49. The second-order valence-corrected chi connectivity index (χ2v) is 4.04. The van der Waals surface area contributed by atoms with E-state index in [1.165, 1.54) is 0 Å². The van der Waals surface area contributed by atoms with Gasteiger partial charge in [0.2, 0.25) is 6.30 Å². The molecule has 0 bridgehead atoms. The second kappa shape index (κ2) is 6.20. The van der Waals surface area contributed by atoms with Crippen LogP contribution in [-0.4, -0.2) is 51.9 Å². The van der Waals surface area contributed by atoms with E-state index in [9.17, 15) is 23.1 Å². The first kappa shape index (κ1) is 16.4. The molecule has 114 valence electrons. The van der Waals surface area contributed by atoms with Gasteiger partial charge in [0, 0.05) is 7.11 Å². The Balaban J connectivity index is 3.21. The minimum atomic E-state index is -2.59. The number of aliphatic hydroxyl groups excluding tert-OH is 2. The molecule has 1 aromatic heterocycles. The van der Waals surface area contributed by atoms with E-state index in [0.717, 1.165) is 7.11 Å². The molecular weight excluding hydrogens is 283 g/mol. The Morgan fingerprint density at radius 3 is 2.70 bits per heavy atom. The number of aromatic nitrogens is 2. The molecule has 0 aliphatic rings. The molecule has 20 heavy (non-hydrogen) atoms. The van der Waals surface area contributed by atoms with Crippen LogP contribution < -0.4 is 11.4 Å². The monoisotopic (exact) mass is 297 g/mol. The maximum atomic E-state index is 14.1. The summed E-state index contributed by atoms with van der Waals surface area (Å²) in [6.45, 7) is -2.48. The number of nitrogen functional groups attached to an aromatic ring is 1. The number of hydrogen-bond acceptors (Lipinski definition) is 6. The van der Waals surface area contributed by atoms with Gasteiger partial charge in [0.25, 0.3) is 0 Å².